The van der Waals surface area contributed by atoms with Crippen LogP contribution in [0.1, 0.15) is 31.0 Å². The molecule has 0 saturated carbocycles. The Bertz CT molecular complexity index is 1350. The molecular formula is C23H19FN2O4S. The van der Waals surface area contributed by atoms with Crippen molar-refractivity contribution in [1.82, 2.24) is 4.57 Å². The minimum absolute atomic E-state index is 0.129. The third-order valence-electron chi connectivity index (χ3n) is 4.89. The van der Waals surface area contributed by atoms with E-state index in [1.54, 1.807) is 44.2 Å². The van der Waals surface area contributed by atoms with Gasteiger partial charge in [-0.15, -0.1) is 0 Å². The number of phenols is 1. The minimum Gasteiger partial charge on any atom is -0.508 e. The minimum atomic E-state index is -0.780. The number of halogens is 1. The van der Waals surface area contributed by atoms with Crippen molar-refractivity contribution in [1.29, 1.82) is 0 Å². The highest BCUT2D eigenvalue weighted by molar-refractivity contribution is 7.07. The van der Waals surface area contributed by atoms with Crippen LogP contribution in [0.3, 0.4) is 0 Å². The maximum Gasteiger partial charge on any atom is 0.338 e. The van der Waals surface area contributed by atoms with Gasteiger partial charge in [-0.2, -0.15) is 0 Å². The number of benzene rings is 2. The first-order valence-corrected chi connectivity index (χ1v) is 10.4. The van der Waals surface area contributed by atoms with Crippen LogP contribution >= 0.6 is 11.3 Å². The number of phenolic OH excluding ortho intramolecular Hbond substituents is 1. The zero-order valence-corrected chi connectivity index (χ0v) is 17.6. The molecule has 0 saturated heterocycles. The first-order chi connectivity index (χ1) is 14.9. The van der Waals surface area contributed by atoms with Crippen LogP contribution in [0.4, 0.5) is 4.39 Å². The summed E-state index contributed by atoms with van der Waals surface area (Å²) >= 11 is 1.20. The van der Waals surface area contributed by atoms with E-state index in [-0.39, 0.29) is 23.5 Å². The Kier molecular flexibility index (Phi) is 5.56. The summed E-state index contributed by atoms with van der Waals surface area (Å²) in [5, 5.41) is 9.48. The zero-order valence-electron chi connectivity index (χ0n) is 16.8. The van der Waals surface area contributed by atoms with E-state index in [1.807, 2.05) is 0 Å². The lowest BCUT2D eigenvalue weighted by molar-refractivity contribution is -0.139. The number of aromatic hydroxyl groups is 1. The van der Waals surface area contributed by atoms with Crippen molar-refractivity contribution in [3.8, 4) is 5.75 Å². The zero-order chi connectivity index (χ0) is 22.1. The molecule has 1 aromatic heterocycles. The summed E-state index contributed by atoms with van der Waals surface area (Å²) in [4.78, 5) is 31.0. The molecule has 0 amide bonds. The normalized spacial score (nSPS) is 16.1. The van der Waals surface area contributed by atoms with Gasteiger partial charge in [-0.25, -0.2) is 14.2 Å². The monoisotopic (exact) mass is 438 g/mol. The van der Waals surface area contributed by atoms with Crippen LogP contribution in [-0.2, 0) is 9.53 Å². The number of hydrogen-bond acceptors (Lipinski definition) is 6. The van der Waals surface area contributed by atoms with Crippen molar-refractivity contribution < 1.29 is 19.0 Å². The van der Waals surface area contributed by atoms with Crippen molar-refractivity contribution in [2.75, 3.05) is 6.61 Å². The molecule has 0 fully saturated rings. The third kappa shape index (κ3) is 3.94. The summed E-state index contributed by atoms with van der Waals surface area (Å²) in [6, 6.07) is 11.4. The number of carbonyl (C=O) groups excluding carboxylic acids is 1. The van der Waals surface area contributed by atoms with Gasteiger partial charge in [0.05, 0.1) is 28.5 Å². The lowest BCUT2D eigenvalue weighted by Gasteiger charge is -2.24. The predicted molar refractivity (Wildman–Crippen MR) is 115 cm³/mol. The number of carbonyl (C=O) groups is 1. The second-order valence-corrected chi connectivity index (χ2v) is 7.95. The number of fused-ring (bicyclic) bond motifs is 1. The maximum atomic E-state index is 13.5. The number of allylic oxidation sites excluding steroid dienone is 1. The van der Waals surface area contributed by atoms with Crippen LogP contribution in [0.5, 0.6) is 5.75 Å². The van der Waals surface area contributed by atoms with E-state index >= 15 is 0 Å². The Morgan fingerprint density at radius 1 is 1.23 bits per heavy atom. The molecule has 1 aliphatic heterocycles. The molecule has 1 atom stereocenters. The molecule has 6 nitrogen and oxygen atoms in total. The Morgan fingerprint density at radius 2 is 1.90 bits per heavy atom. The van der Waals surface area contributed by atoms with Gasteiger partial charge in [-0.3, -0.25) is 9.36 Å². The van der Waals surface area contributed by atoms with Crippen LogP contribution in [0.15, 0.2) is 69.6 Å². The van der Waals surface area contributed by atoms with E-state index < -0.39 is 17.8 Å². The topological polar surface area (TPSA) is 80.9 Å². The number of rotatable bonds is 4. The third-order valence-corrected chi connectivity index (χ3v) is 5.88. The Hall–Kier alpha value is -3.52. The van der Waals surface area contributed by atoms with Crippen molar-refractivity contribution in [3.05, 3.63) is 96.4 Å². The van der Waals surface area contributed by atoms with Crippen molar-refractivity contribution in [3.63, 3.8) is 0 Å². The summed E-state index contributed by atoms with van der Waals surface area (Å²) in [5.41, 5.74) is 1.70. The Balaban J connectivity index is 1.94. The van der Waals surface area contributed by atoms with Gasteiger partial charge in [0.15, 0.2) is 4.80 Å². The number of ether oxygens (including phenoxy) is 1. The van der Waals surface area contributed by atoms with Gasteiger partial charge < -0.3 is 9.84 Å². The van der Waals surface area contributed by atoms with E-state index in [2.05, 4.69) is 4.99 Å². The van der Waals surface area contributed by atoms with Crippen LogP contribution in [0.25, 0.3) is 6.08 Å². The van der Waals surface area contributed by atoms with Crippen molar-refractivity contribution in [2.24, 2.45) is 4.99 Å². The largest absolute Gasteiger partial charge is 0.508 e. The Morgan fingerprint density at radius 3 is 2.55 bits per heavy atom. The molecule has 0 unspecified atom stereocenters. The fourth-order valence-corrected chi connectivity index (χ4v) is 4.52. The van der Waals surface area contributed by atoms with E-state index in [1.165, 1.54) is 40.2 Å². The molecule has 31 heavy (non-hydrogen) atoms. The van der Waals surface area contributed by atoms with Crippen LogP contribution in [0.2, 0.25) is 0 Å². The van der Waals surface area contributed by atoms with E-state index in [4.69, 9.17) is 4.74 Å². The second-order valence-electron chi connectivity index (χ2n) is 6.95. The van der Waals surface area contributed by atoms with Gasteiger partial charge >= 0.3 is 5.97 Å². The number of nitrogens with zero attached hydrogens (tertiary/aromatic N) is 2. The lowest BCUT2D eigenvalue weighted by atomic mass is 9.96. The van der Waals surface area contributed by atoms with Gasteiger partial charge in [0.25, 0.3) is 5.56 Å². The molecule has 3 aromatic rings. The fraction of sp³-hybridized carbons (Fsp3) is 0.174. The van der Waals surface area contributed by atoms with Gasteiger partial charge in [-0.05, 0) is 55.3 Å². The van der Waals surface area contributed by atoms with Crippen LogP contribution in [0, 0.1) is 5.82 Å². The predicted octanol–water partition coefficient (Wildman–Crippen LogP) is 2.64. The quantitative estimate of drug-likeness (QED) is 0.635. The SMILES string of the molecule is CCOC(=O)C1=C(C)N=c2s/c(=C\c3ccc(O)cc3)c(=O)n2[C@H]1c1ccc(F)cc1. The smallest absolute Gasteiger partial charge is 0.338 e. The van der Waals surface area contributed by atoms with Crippen molar-refractivity contribution >= 4 is 23.4 Å². The molecule has 2 aromatic carbocycles. The molecule has 0 bridgehead atoms. The molecule has 0 aliphatic carbocycles. The van der Waals surface area contributed by atoms with Gasteiger partial charge in [-0.1, -0.05) is 35.6 Å². The number of esters is 1. The molecule has 0 spiro atoms. The fourth-order valence-electron chi connectivity index (χ4n) is 3.47. The first-order valence-electron chi connectivity index (χ1n) is 9.63. The van der Waals surface area contributed by atoms with Gasteiger partial charge in [0.2, 0.25) is 0 Å². The number of aromatic nitrogens is 1. The summed E-state index contributed by atoms with van der Waals surface area (Å²) in [5.74, 6) is -0.850. The molecule has 4 rings (SSSR count). The molecule has 0 radical (unpaired) electrons. The summed E-state index contributed by atoms with van der Waals surface area (Å²) in [7, 11) is 0. The molecule has 2 heterocycles. The van der Waals surface area contributed by atoms with Gasteiger partial charge in [0.1, 0.15) is 11.6 Å². The second kappa shape index (κ2) is 8.31. The summed E-state index contributed by atoms with van der Waals surface area (Å²) < 4.78 is 20.6. The number of hydrogen-bond donors (Lipinski definition) is 1. The first kappa shape index (κ1) is 20.7. The maximum absolute atomic E-state index is 13.5. The molecule has 1 aliphatic rings. The highest BCUT2D eigenvalue weighted by atomic mass is 32.1. The average molecular weight is 438 g/mol. The Labute approximate surface area is 180 Å². The van der Waals surface area contributed by atoms with E-state index in [9.17, 15) is 19.1 Å². The molecular weight excluding hydrogens is 419 g/mol. The van der Waals surface area contributed by atoms with Crippen LogP contribution in [-0.4, -0.2) is 22.2 Å². The lowest BCUT2D eigenvalue weighted by Crippen LogP contribution is -2.39. The highest BCUT2D eigenvalue weighted by Crippen LogP contribution is 2.30. The summed E-state index contributed by atoms with van der Waals surface area (Å²) in [6.45, 7) is 3.57. The molecule has 8 heteroatoms. The molecule has 1 N–H and O–H groups in total. The molecule has 158 valence electrons. The number of thiazole rings is 1. The highest BCUT2D eigenvalue weighted by Gasteiger charge is 2.33. The van der Waals surface area contributed by atoms with Crippen molar-refractivity contribution in [2.45, 2.75) is 19.9 Å². The summed E-state index contributed by atoms with van der Waals surface area (Å²) in [6.07, 6.45) is 1.70. The average Bonchev–Trinajstić information content (AvgIpc) is 3.04. The van der Waals surface area contributed by atoms with E-state index in [0.717, 1.165) is 5.56 Å². The van der Waals surface area contributed by atoms with E-state index in [0.29, 0.717) is 20.6 Å². The van der Waals surface area contributed by atoms with Gasteiger partial charge in [0, 0.05) is 0 Å². The standard InChI is InChI=1S/C23H19FN2O4S/c1-3-30-22(29)19-13(2)25-23-26(20(19)15-6-8-16(24)9-7-15)21(28)18(31-23)12-14-4-10-17(27)11-5-14/h4-12,20,27H,3H2,1-2H3/b18-12-/t20-/m0/s1. The van der Waals surface area contributed by atoms with Crippen LogP contribution < -0.4 is 14.9 Å².